The highest BCUT2D eigenvalue weighted by Crippen LogP contribution is 2.27. The molecule has 0 saturated carbocycles. The first-order valence-electron chi connectivity index (χ1n) is 6.49. The van der Waals surface area contributed by atoms with Gasteiger partial charge in [0.2, 0.25) is 0 Å². The Kier molecular flexibility index (Phi) is 5.31. The number of hydrogen-bond donors (Lipinski definition) is 1. The van der Waals surface area contributed by atoms with E-state index in [4.69, 9.17) is 4.74 Å². The monoisotopic (exact) mass is 355 g/mol. The highest BCUT2D eigenvalue weighted by Gasteiger charge is 2.15. The van der Waals surface area contributed by atoms with Gasteiger partial charge in [-0.1, -0.05) is 22.0 Å². The van der Waals surface area contributed by atoms with E-state index in [0.29, 0.717) is 12.0 Å². The molecule has 0 spiro atoms. The second-order valence-electron chi connectivity index (χ2n) is 4.68. The molecule has 2 aromatic rings. The molecule has 0 radical (unpaired) electrons. The van der Waals surface area contributed by atoms with Gasteiger partial charge in [0.25, 0.3) is 0 Å². The molecule has 2 rings (SSSR count). The summed E-state index contributed by atoms with van der Waals surface area (Å²) in [7, 11) is 3.40. The van der Waals surface area contributed by atoms with Crippen LogP contribution in [0.25, 0.3) is 0 Å². The van der Waals surface area contributed by atoms with Crippen molar-refractivity contribution in [3.63, 3.8) is 0 Å². The van der Waals surface area contributed by atoms with Crippen molar-refractivity contribution in [2.45, 2.75) is 12.5 Å². The molecule has 1 atom stereocenters. The van der Waals surface area contributed by atoms with Gasteiger partial charge in [-0.05, 0) is 54.9 Å². The first-order valence-corrected chi connectivity index (χ1v) is 7.29. The SMILES string of the molecule is CNC(Cc1cc(OC)ccc1Br)c1ccc(F)c(F)c1. The van der Waals surface area contributed by atoms with Gasteiger partial charge in [-0.15, -0.1) is 0 Å². The normalized spacial score (nSPS) is 12.2. The molecule has 0 aliphatic rings. The van der Waals surface area contributed by atoms with Crippen LogP contribution in [0, 0.1) is 11.6 Å². The predicted molar refractivity (Wildman–Crippen MR) is 82.6 cm³/mol. The van der Waals surface area contributed by atoms with Crippen LogP contribution in [0.5, 0.6) is 5.75 Å². The Bertz CT molecular complexity index is 634. The molecule has 0 aliphatic heterocycles. The van der Waals surface area contributed by atoms with Crippen LogP contribution in [0.1, 0.15) is 17.2 Å². The summed E-state index contributed by atoms with van der Waals surface area (Å²) < 4.78 is 32.6. The highest BCUT2D eigenvalue weighted by atomic mass is 79.9. The van der Waals surface area contributed by atoms with Crippen molar-refractivity contribution in [2.24, 2.45) is 0 Å². The van der Waals surface area contributed by atoms with E-state index in [1.807, 2.05) is 18.2 Å². The molecule has 1 unspecified atom stereocenters. The van der Waals surface area contributed by atoms with Crippen LogP contribution in [-0.4, -0.2) is 14.2 Å². The van der Waals surface area contributed by atoms with Gasteiger partial charge in [0.1, 0.15) is 5.75 Å². The van der Waals surface area contributed by atoms with Crippen molar-refractivity contribution in [3.05, 3.63) is 63.6 Å². The van der Waals surface area contributed by atoms with Gasteiger partial charge in [0.15, 0.2) is 11.6 Å². The summed E-state index contributed by atoms with van der Waals surface area (Å²) in [6.45, 7) is 0. The number of halogens is 3. The minimum atomic E-state index is -0.837. The predicted octanol–water partition coefficient (Wildman–Crippen LogP) is 4.24. The Morgan fingerprint density at radius 3 is 2.52 bits per heavy atom. The fraction of sp³-hybridized carbons (Fsp3) is 0.250. The van der Waals surface area contributed by atoms with Gasteiger partial charge in [-0.2, -0.15) is 0 Å². The molecule has 5 heteroatoms. The number of benzene rings is 2. The second kappa shape index (κ2) is 7.00. The molecule has 1 N–H and O–H groups in total. The largest absolute Gasteiger partial charge is 0.497 e. The first kappa shape index (κ1) is 15.9. The third-order valence-electron chi connectivity index (χ3n) is 3.37. The molecule has 0 fully saturated rings. The van der Waals surface area contributed by atoms with Gasteiger partial charge >= 0.3 is 0 Å². The molecular formula is C16H16BrF2NO. The Hall–Kier alpha value is -1.46. The van der Waals surface area contributed by atoms with E-state index in [9.17, 15) is 8.78 Å². The lowest BCUT2D eigenvalue weighted by Gasteiger charge is -2.18. The molecule has 0 aromatic heterocycles. The first-order chi connectivity index (χ1) is 10.0. The smallest absolute Gasteiger partial charge is 0.159 e. The summed E-state index contributed by atoms with van der Waals surface area (Å²) in [5, 5.41) is 3.13. The van der Waals surface area contributed by atoms with Crippen LogP contribution in [0.4, 0.5) is 8.78 Å². The maximum atomic E-state index is 13.4. The third kappa shape index (κ3) is 3.80. The van der Waals surface area contributed by atoms with Crippen LogP contribution in [0.3, 0.4) is 0 Å². The molecule has 2 aromatic carbocycles. The zero-order valence-electron chi connectivity index (χ0n) is 11.8. The lowest BCUT2D eigenvalue weighted by molar-refractivity contribution is 0.413. The van der Waals surface area contributed by atoms with Gasteiger partial charge in [-0.25, -0.2) is 8.78 Å². The van der Waals surface area contributed by atoms with Gasteiger partial charge in [0.05, 0.1) is 7.11 Å². The molecule has 0 heterocycles. The molecule has 0 bridgehead atoms. The lowest BCUT2D eigenvalue weighted by atomic mass is 9.98. The number of rotatable bonds is 5. The van der Waals surface area contributed by atoms with E-state index in [2.05, 4.69) is 21.2 Å². The average Bonchev–Trinajstić information content (AvgIpc) is 2.49. The zero-order valence-corrected chi connectivity index (χ0v) is 13.4. The summed E-state index contributed by atoms with van der Waals surface area (Å²) in [6, 6.07) is 9.54. The molecule has 0 aliphatic carbocycles. The third-order valence-corrected chi connectivity index (χ3v) is 4.15. The highest BCUT2D eigenvalue weighted by molar-refractivity contribution is 9.10. The number of nitrogens with one attached hydrogen (secondary N) is 1. The van der Waals surface area contributed by atoms with E-state index < -0.39 is 11.6 Å². The van der Waals surface area contributed by atoms with Crippen molar-refractivity contribution >= 4 is 15.9 Å². The maximum absolute atomic E-state index is 13.4. The summed E-state index contributed by atoms with van der Waals surface area (Å²) in [5.74, 6) is -0.915. The molecule has 112 valence electrons. The number of ether oxygens (including phenoxy) is 1. The summed E-state index contributed by atoms with van der Waals surface area (Å²) in [5.41, 5.74) is 1.73. The molecule has 2 nitrogen and oxygen atoms in total. The minimum Gasteiger partial charge on any atom is -0.497 e. The van der Waals surface area contributed by atoms with Crippen molar-refractivity contribution in [2.75, 3.05) is 14.2 Å². The van der Waals surface area contributed by atoms with Gasteiger partial charge in [-0.3, -0.25) is 0 Å². The van der Waals surface area contributed by atoms with Crippen LogP contribution in [0.2, 0.25) is 0 Å². The Morgan fingerprint density at radius 1 is 1.14 bits per heavy atom. The summed E-state index contributed by atoms with van der Waals surface area (Å²) in [4.78, 5) is 0. The number of methoxy groups -OCH3 is 1. The van der Waals surface area contributed by atoms with Gasteiger partial charge < -0.3 is 10.1 Å². The molecular weight excluding hydrogens is 340 g/mol. The number of hydrogen-bond acceptors (Lipinski definition) is 2. The van der Waals surface area contributed by atoms with E-state index in [-0.39, 0.29) is 6.04 Å². The standard InChI is InChI=1S/C16H16BrF2NO/c1-20-16(10-3-6-14(18)15(19)8-10)9-11-7-12(21-2)4-5-13(11)17/h3-8,16,20H,9H2,1-2H3. The molecule has 0 amide bonds. The molecule has 21 heavy (non-hydrogen) atoms. The Morgan fingerprint density at radius 2 is 1.90 bits per heavy atom. The number of likely N-dealkylation sites (N-methyl/N-ethyl adjacent to an activating group) is 1. The van der Waals surface area contributed by atoms with Gasteiger partial charge in [0, 0.05) is 10.5 Å². The van der Waals surface area contributed by atoms with E-state index in [1.165, 1.54) is 6.07 Å². The van der Waals surface area contributed by atoms with E-state index in [0.717, 1.165) is 21.9 Å². The summed E-state index contributed by atoms with van der Waals surface area (Å²) >= 11 is 3.50. The average molecular weight is 356 g/mol. The second-order valence-corrected chi connectivity index (χ2v) is 5.53. The van der Waals surface area contributed by atoms with Crippen LogP contribution in [0.15, 0.2) is 40.9 Å². The van der Waals surface area contributed by atoms with Crippen molar-refractivity contribution < 1.29 is 13.5 Å². The Labute approximate surface area is 131 Å². The molecule has 0 saturated heterocycles. The van der Waals surface area contributed by atoms with E-state index in [1.54, 1.807) is 20.2 Å². The van der Waals surface area contributed by atoms with Crippen molar-refractivity contribution in [3.8, 4) is 5.75 Å². The van der Waals surface area contributed by atoms with Crippen molar-refractivity contribution in [1.29, 1.82) is 0 Å². The maximum Gasteiger partial charge on any atom is 0.159 e. The fourth-order valence-electron chi connectivity index (χ4n) is 2.17. The van der Waals surface area contributed by atoms with E-state index >= 15 is 0 Å². The van der Waals surface area contributed by atoms with Crippen LogP contribution < -0.4 is 10.1 Å². The van der Waals surface area contributed by atoms with Crippen LogP contribution >= 0.6 is 15.9 Å². The Balaban J connectivity index is 2.28. The quantitative estimate of drug-likeness (QED) is 0.865. The lowest BCUT2D eigenvalue weighted by Crippen LogP contribution is -2.19. The summed E-state index contributed by atoms with van der Waals surface area (Å²) in [6.07, 6.45) is 0.624. The fourth-order valence-corrected chi connectivity index (χ4v) is 2.58. The zero-order chi connectivity index (χ0) is 15.4. The van der Waals surface area contributed by atoms with Crippen LogP contribution in [-0.2, 0) is 6.42 Å². The minimum absolute atomic E-state index is 0.122. The topological polar surface area (TPSA) is 21.3 Å². The van der Waals surface area contributed by atoms with Crippen molar-refractivity contribution in [1.82, 2.24) is 5.32 Å².